The van der Waals surface area contributed by atoms with E-state index < -0.39 is 0 Å². The Kier molecular flexibility index (Phi) is 2.28. The van der Waals surface area contributed by atoms with E-state index >= 15 is 0 Å². The van der Waals surface area contributed by atoms with Gasteiger partial charge in [0.25, 0.3) is 0 Å². The summed E-state index contributed by atoms with van der Waals surface area (Å²) in [5, 5.41) is 0. The molecule has 2 aliphatic rings. The van der Waals surface area contributed by atoms with Crippen LogP contribution in [0, 0.1) is 5.92 Å². The molecule has 0 saturated heterocycles. The number of rotatable bonds is 3. The number of hydrogen-bond acceptors (Lipinski definition) is 2. The number of aromatic nitrogens is 2. The molecule has 1 unspecified atom stereocenters. The first-order chi connectivity index (χ1) is 7.34. The maximum atomic E-state index is 6.15. The summed E-state index contributed by atoms with van der Waals surface area (Å²) in [6, 6.07) is 0.352. The van der Waals surface area contributed by atoms with Crippen molar-refractivity contribution in [2.45, 2.75) is 51.1 Å². The van der Waals surface area contributed by atoms with E-state index in [1.165, 1.54) is 49.9 Å². The largest absolute Gasteiger partial charge is 0.333 e. The zero-order valence-electron chi connectivity index (χ0n) is 9.15. The highest BCUT2D eigenvalue weighted by atomic mass is 15.1. The fourth-order valence-corrected chi connectivity index (χ4v) is 2.59. The van der Waals surface area contributed by atoms with Crippen molar-refractivity contribution < 1.29 is 0 Å². The molecule has 1 heterocycles. The lowest BCUT2D eigenvalue weighted by Gasteiger charge is -2.17. The van der Waals surface area contributed by atoms with E-state index in [1.54, 1.807) is 0 Å². The van der Waals surface area contributed by atoms with Gasteiger partial charge in [-0.25, -0.2) is 4.98 Å². The third kappa shape index (κ3) is 1.81. The van der Waals surface area contributed by atoms with Gasteiger partial charge in [0.05, 0.1) is 12.0 Å². The quantitative estimate of drug-likeness (QED) is 0.812. The molecule has 0 amide bonds. The lowest BCUT2D eigenvalue weighted by atomic mass is 10.0. The monoisotopic (exact) mass is 205 g/mol. The summed E-state index contributed by atoms with van der Waals surface area (Å²) < 4.78 is 2.30. The SMILES string of the molecule is NC(Cn1cnc2c1CCCC2)C1CC1. The Balaban J connectivity index is 1.76. The van der Waals surface area contributed by atoms with Crippen LogP contribution < -0.4 is 5.73 Å². The van der Waals surface area contributed by atoms with Gasteiger partial charge in [-0.15, -0.1) is 0 Å². The van der Waals surface area contributed by atoms with Gasteiger partial charge in [-0.3, -0.25) is 0 Å². The Labute approximate surface area is 90.7 Å². The minimum atomic E-state index is 0.352. The van der Waals surface area contributed by atoms with E-state index in [0.717, 1.165) is 12.5 Å². The summed E-state index contributed by atoms with van der Waals surface area (Å²) in [6.45, 7) is 0.979. The standard InChI is InChI=1S/C12H19N3/c13-10(9-5-6-9)7-15-8-14-11-3-1-2-4-12(11)15/h8-10H,1-7,13H2. The molecule has 0 aromatic carbocycles. The number of fused-ring (bicyclic) bond motifs is 1. The van der Waals surface area contributed by atoms with Crippen molar-refractivity contribution in [2.75, 3.05) is 0 Å². The van der Waals surface area contributed by atoms with Crippen LogP contribution in [0.15, 0.2) is 6.33 Å². The van der Waals surface area contributed by atoms with Crippen molar-refractivity contribution in [3.63, 3.8) is 0 Å². The summed E-state index contributed by atoms with van der Waals surface area (Å²) in [6.07, 6.45) is 9.65. The highest BCUT2D eigenvalue weighted by molar-refractivity contribution is 5.16. The van der Waals surface area contributed by atoms with Crippen molar-refractivity contribution in [3.8, 4) is 0 Å². The van der Waals surface area contributed by atoms with Crippen LogP contribution in [0.2, 0.25) is 0 Å². The van der Waals surface area contributed by atoms with E-state index in [0.29, 0.717) is 6.04 Å². The van der Waals surface area contributed by atoms with Crippen LogP contribution in [0.4, 0.5) is 0 Å². The van der Waals surface area contributed by atoms with Crippen LogP contribution in [0.25, 0.3) is 0 Å². The van der Waals surface area contributed by atoms with Crippen molar-refractivity contribution in [1.82, 2.24) is 9.55 Å². The molecule has 3 nitrogen and oxygen atoms in total. The molecule has 3 rings (SSSR count). The van der Waals surface area contributed by atoms with Crippen LogP contribution >= 0.6 is 0 Å². The Hall–Kier alpha value is -0.830. The number of imidazole rings is 1. The Morgan fingerprint density at radius 2 is 2.20 bits per heavy atom. The van der Waals surface area contributed by atoms with Crippen molar-refractivity contribution in [2.24, 2.45) is 11.7 Å². The van der Waals surface area contributed by atoms with Crippen LogP contribution in [0.1, 0.15) is 37.1 Å². The topological polar surface area (TPSA) is 43.8 Å². The molecule has 3 heteroatoms. The highest BCUT2D eigenvalue weighted by Gasteiger charge is 2.29. The van der Waals surface area contributed by atoms with Gasteiger partial charge in [-0.05, 0) is 44.4 Å². The highest BCUT2D eigenvalue weighted by Crippen LogP contribution is 2.32. The van der Waals surface area contributed by atoms with E-state index in [-0.39, 0.29) is 0 Å². The molecule has 0 bridgehead atoms. The molecule has 15 heavy (non-hydrogen) atoms. The second-order valence-electron chi connectivity index (χ2n) is 5.00. The summed E-state index contributed by atoms with van der Waals surface area (Å²) in [5.41, 5.74) is 8.93. The smallest absolute Gasteiger partial charge is 0.0952 e. The van der Waals surface area contributed by atoms with E-state index in [1.807, 2.05) is 6.33 Å². The first kappa shape index (κ1) is 9.40. The normalized spacial score (nSPS) is 22.5. The first-order valence-electron chi connectivity index (χ1n) is 6.13. The average molecular weight is 205 g/mol. The Morgan fingerprint density at radius 1 is 1.40 bits per heavy atom. The molecule has 2 aliphatic carbocycles. The van der Waals surface area contributed by atoms with Crippen LogP contribution in [0.5, 0.6) is 0 Å². The van der Waals surface area contributed by atoms with Crippen LogP contribution in [-0.4, -0.2) is 15.6 Å². The molecule has 1 fully saturated rings. The predicted molar refractivity (Wildman–Crippen MR) is 59.6 cm³/mol. The summed E-state index contributed by atoms with van der Waals surface area (Å²) in [7, 11) is 0. The molecule has 0 spiro atoms. The molecule has 0 radical (unpaired) electrons. The summed E-state index contributed by atoms with van der Waals surface area (Å²) in [5.74, 6) is 0.784. The molecule has 1 saturated carbocycles. The molecule has 1 aromatic rings. The van der Waals surface area contributed by atoms with Gasteiger partial charge in [0.1, 0.15) is 0 Å². The van der Waals surface area contributed by atoms with Gasteiger partial charge in [0, 0.05) is 18.3 Å². The lowest BCUT2D eigenvalue weighted by molar-refractivity contribution is 0.485. The van der Waals surface area contributed by atoms with Gasteiger partial charge in [-0.1, -0.05) is 0 Å². The maximum Gasteiger partial charge on any atom is 0.0952 e. The molecular weight excluding hydrogens is 186 g/mol. The fraction of sp³-hybridized carbons (Fsp3) is 0.750. The zero-order valence-corrected chi connectivity index (χ0v) is 9.15. The average Bonchev–Trinajstić information content (AvgIpc) is 3.03. The summed E-state index contributed by atoms with van der Waals surface area (Å²) in [4.78, 5) is 4.50. The zero-order chi connectivity index (χ0) is 10.3. The van der Waals surface area contributed by atoms with Crippen LogP contribution in [0.3, 0.4) is 0 Å². The van der Waals surface area contributed by atoms with Gasteiger partial charge in [0.2, 0.25) is 0 Å². The van der Waals surface area contributed by atoms with E-state index in [2.05, 4.69) is 9.55 Å². The van der Waals surface area contributed by atoms with Gasteiger partial charge in [-0.2, -0.15) is 0 Å². The minimum absolute atomic E-state index is 0.352. The third-order valence-corrected chi connectivity index (χ3v) is 3.74. The second-order valence-corrected chi connectivity index (χ2v) is 5.00. The Morgan fingerprint density at radius 3 is 3.00 bits per heavy atom. The minimum Gasteiger partial charge on any atom is -0.333 e. The molecular formula is C12H19N3. The molecule has 0 aliphatic heterocycles. The van der Waals surface area contributed by atoms with Crippen LogP contribution in [-0.2, 0) is 19.4 Å². The third-order valence-electron chi connectivity index (χ3n) is 3.74. The Bertz CT molecular complexity index is 352. The number of aryl methyl sites for hydroxylation is 1. The molecule has 1 aromatic heterocycles. The van der Waals surface area contributed by atoms with Crippen molar-refractivity contribution in [3.05, 3.63) is 17.7 Å². The molecule has 2 N–H and O–H groups in total. The first-order valence-corrected chi connectivity index (χ1v) is 6.13. The number of nitrogens with two attached hydrogens (primary N) is 1. The van der Waals surface area contributed by atoms with Crippen molar-refractivity contribution in [1.29, 1.82) is 0 Å². The van der Waals surface area contributed by atoms with Gasteiger partial charge < -0.3 is 10.3 Å². The maximum absolute atomic E-state index is 6.15. The van der Waals surface area contributed by atoms with Gasteiger partial charge in [0.15, 0.2) is 0 Å². The number of nitrogens with zero attached hydrogens (tertiary/aromatic N) is 2. The second kappa shape index (κ2) is 3.63. The molecule has 1 atom stereocenters. The predicted octanol–water partition coefficient (Wildman–Crippen LogP) is 1.50. The van der Waals surface area contributed by atoms with E-state index in [9.17, 15) is 0 Å². The molecule has 82 valence electrons. The fourth-order valence-electron chi connectivity index (χ4n) is 2.59. The van der Waals surface area contributed by atoms with E-state index in [4.69, 9.17) is 5.73 Å². The summed E-state index contributed by atoms with van der Waals surface area (Å²) >= 11 is 0. The van der Waals surface area contributed by atoms with Gasteiger partial charge >= 0.3 is 0 Å². The lowest BCUT2D eigenvalue weighted by Crippen LogP contribution is -2.29. The number of hydrogen-bond donors (Lipinski definition) is 1. The van der Waals surface area contributed by atoms with Crippen molar-refractivity contribution >= 4 is 0 Å².